The summed E-state index contributed by atoms with van der Waals surface area (Å²) in [6, 6.07) is 1.60. The van der Waals surface area contributed by atoms with Crippen LogP contribution in [-0.4, -0.2) is 36.6 Å². The molecule has 2 heteroatoms. The van der Waals surface area contributed by atoms with E-state index in [0.717, 1.165) is 18.0 Å². The van der Waals surface area contributed by atoms with E-state index in [2.05, 4.69) is 37.9 Å². The van der Waals surface area contributed by atoms with Crippen molar-refractivity contribution in [3.05, 3.63) is 0 Å². The fourth-order valence-electron chi connectivity index (χ4n) is 4.21. The van der Waals surface area contributed by atoms with Gasteiger partial charge in [0.15, 0.2) is 0 Å². The molecule has 1 N–H and O–H groups in total. The highest BCUT2D eigenvalue weighted by molar-refractivity contribution is 4.87. The Bertz CT molecular complexity index is 279. The van der Waals surface area contributed by atoms with Crippen LogP contribution in [0.15, 0.2) is 0 Å². The van der Waals surface area contributed by atoms with E-state index in [0.29, 0.717) is 5.41 Å². The van der Waals surface area contributed by atoms with Crippen molar-refractivity contribution in [3.63, 3.8) is 0 Å². The first-order chi connectivity index (χ1) is 9.56. The summed E-state index contributed by atoms with van der Waals surface area (Å²) >= 11 is 0. The lowest BCUT2D eigenvalue weighted by Crippen LogP contribution is -2.43. The predicted octanol–water partition coefficient (Wildman–Crippen LogP) is 4.06. The summed E-state index contributed by atoms with van der Waals surface area (Å²) in [5, 5.41) is 3.88. The van der Waals surface area contributed by atoms with Crippen LogP contribution in [0.4, 0.5) is 0 Å². The molecule has 2 nitrogen and oxygen atoms in total. The van der Waals surface area contributed by atoms with E-state index < -0.39 is 0 Å². The van der Waals surface area contributed by atoms with Crippen LogP contribution < -0.4 is 5.32 Å². The summed E-state index contributed by atoms with van der Waals surface area (Å²) in [7, 11) is 0. The molecule has 0 radical (unpaired) electrons. The molecule has 20 heavy (non-hydrogen) atoms. The maximum Gasteiger partial charge on any atom is 0.0221 e. The SMILES string of the molecule is CCN1CCCC1CNC1CCC(C(C)(C)CC)CC1. The van der Waals surface area contributed by atoms with E-state index in [1.54, 1.807) is 0 Å². The van der Waals surface area contributed by atoms with Crippen LogP contribution in [-0.2, 0) is 0 Å². The van der Waals surface area contributed by atoms with E-state index in [1.807, 2.05) is 0 Å². The molecule has 0 spiro atoms. The van der Waals surface area contributed by atoms with Gasteiger partial charge in [0.2, 0.25) is 0 Å². The lowest BCUT2D eigenvalue weighted by atomic mass is 9.69. The van der Waals surface area contributed by atoms with Crippen molar-refractivity contribution in [1.29, 1.82) is 0 Å². The number of rotatable bonds is 6. The quantitative estimate of drug-likeness (QED) is 0.789. The summed E-state index contributed by atoms with van der Waals surface area (Å²) in [6.07, 6.45) is 9.78. The van der Waals surface area contributed by atoms with E-state index in [9.17, 15) is 0 Å². The average Bonchev–Trinajstić information content (AvgIpc) is 2.93. The number of hydrogen-bond acceptors (Lipinski definition) is 2. The highest BCUT2D eigenvalue weighted by Crippen LogP contribution is 2.40. The van der Waals surface area contributed by atoms with Crippen molar-refractivity contribution in [3.8, 4) is 0 Å². The molecular weight excluding hydrogens is 244 g/mol. The van der Waals surface area contributed by atoms with Gasteiger partial charge in [-0.3, -0.25) is 4.90 Å². The van der Waals surface area contributed by atoms with Crippen LogP contribution in [0.1, 0.15) is 72.6 Å². The standard InChI is InChI=1S/C18H36N2/c1-5-18(3,4)15-9-11-16(12-10-15)19-14-17-8-7-13-20(17)6-2/h15-17,19H,5-14H2,1-4H3. The highest BCUT2D eigenvalue weighted by Gasteiger charge is 2.32. The molecule has 2 aliphatic rings. The zero-order valence-electron chi connectivity index (χ0n) is 14.3. The first kappa shape index (κ1) is 16.3. The molecule has 1 atom stereocenters. The molecule has 0 amide bonds. The smallest absolute Gasteiger partial charge is 0.0221 e. The summed E-state index contributed by atoms with van der Waals surface area (Å²) in [6.45, 7) is 13.3. The maximum atomic E-state index is 3.88. The van der Waals surface area contributed by atoms with Crippen LogP contribution in [0.25, 0.3) is 0 Å². The number of likely N-dealkylation sites (tertiary alicyclic amines) is 1. The largest absolute Gasteiger partial charge is 0.312 e. The summed E-state index contributed by atoms with van der Waals surface area (Å²) in [5.74, 6) is 0.948. The minimum absolute atomic E-state index is 0.551. The first-order valence-electron chi connectivity index (χ1n) is 9.04. The molecule has 1 saturated heterocycles. The van der Waals surface area contributed by atoms with E-state index in [4.69, 9.17) is 0 Å². The van der Waals surface area contributed by atoms with Crippen LogP contribution >= 0.6 is 0 Å². The van der Waals surface area contributed by atoms with Crippen LogP contribution in [0.2, 0.25) is 0 Å². The third-order valence-corrected chi connectivity index (χ3v) is 6.29. The van der Waals surface area contributed by atoms with Crippen LogP contribution in [0, 0.1) is 11.3 Å². The molecule has 1 saturated carbocycles. The molecule has 0 aromatic heterocycles. The lowest BCUT2D eigenvalue weighted by Gasteiger charge is -2.39. The minimum Gasteiger partial charge on any atom is -0.312 e. The van der Waals surface area contributed by atoms with Crippen molar-refractivity contribution in [2.45, 2.75) is 84.7 Å². The number of hydrogen-bond donors (Lipinski definition) is 1. The molecule has 1 heterocycles. The maximum absolute atomic E-state index is 3.88. The Morgan fingerprint density at radius 1 is 1.05 bits per heavy atom. The van der Waals surface area contributed by atoms with Gasteiger partial charge in [-0.05, 0) is 62.9 Å². The Balaban J connectivity index is 1.70. The molecule has 0 bridgehead atoms. The monoisotopic (exact) mass is 280 g/mol. The Morgan fingerprint density at radius 3 is 2.35 bits per heavy atom. The third-order valence-electron chi connectivity index (χ3n) is 6.29. The lowest BCUT2D eigenvalue weighted by molar-refractivity contribution is 0.134. The summed E-state index contributed by atoms with van der Waals surface area (Å²) < 4.78 is 0. The highest BCUT2D eigenvalue weighted by atomic mass is 15.2. The molecule has 0 aromatic rings. The van der Waals surface area contributed by atoms with Gasteiger partial charge in [-0.15, -0.1) is 0 Å². The van der Waals surface area contributed by atoms with Gasteiger partial charge >= 0.3 is 0 Å². The first-order valence-corrected chi connectivity index (χ1v) is 9.04. The molecule has 2 rings (SSSR count). The second-order valence-electron chi connectivity index (χ2n) is 7.72. The van der Waals surface area contributed by atoms with Crippen LogP contribution in [0.3, 0.4) is 0 Å². The number of nitrogens with zero attached hydrogens (tertiary/aromatic N) is 1. The molecule has 1 aliphatic carbocycles. The molecule has 118 valence electrons. The van der Waals surface area contributed by atoms with E-state index >= 15 is 0 Å². The molecule has 2 fully saturated rings. The normalized spacial score (nSPS) is 32.7. The minimum atomic E-state index is 0.551. The van der Waals surface area contributed by atoms with Gasteiger partial charge < -0.3 is 5.32 Å². The fourth-order valence-corrected chi connectivity index (χ4v) is 4.21. The van der Waals surface area contributed by atoms with E-state index in [1.165, 1.54) is 64.6 Å². The van der Waals surface area contributed by atoms with Gasteiger partial charge in [0, 0.05) is 18.6 Å². The average molecular weight is 281 g/mol. The second kappa shape index (κ2) is 7.26. The fraction of sp³-hybridized carbons (Fsp3) is 1.00. The van der Waals surface area contributed by atoms with Gasteiger partial charge in [-0.1, -0.05) is 34.1 Å². The predicted molar refractivity (Wildman–Crippen MR) is 88.1 cm³/mol. The van der Waals surface area contributed by atoms with Crippen molar-refractivity contribution < 1.29 is 0 Å². The van der Waals surface area contributed by atoms with Gasteiger partial charge in [0.25, 0.3) is 0 Å². The summed E-state index contributed by atoms with van der Waals surface area (Å²) in [5.41, 5.74) is 0.551. The zero-order valence-corrected chi connectivity index (χ0v) is 14.3. The third kappa shape index (κ3) is 3.98. The van der Waals surface area contributed by atoms with Crippen molar-refractivity contribution in [2.24, 2.45) is 11.3 Å². The molecule has 1 unspecified atom stereocenters. The topological polar surface area (TPSA) is 15.3 Å². The second-order valence-corrected chi connectivity index (χ2v) is 7.72. The summed E-state index contributed by atoms with van der Waals surface area (Å²) in [4.78, 5) is 2.65. The van der Waals surface area contributed by atoms with Gasteiger partial charge in [-0.25, -0.2) is 0 Å². The number of likely N-dealkylation sites (N-methyl/N-ethyl adjacent to an activating group) is 1. The molecule has 0 aromatic carbocycles. The van der Waals surface area contributed by atoms with Crippen molar-refractivity contribution >= 4 is 0 Å². The van der Waals surface area contributed by atoms with Gasteiger partial charge in [-0.2, -0.15) is 0 Å². The van der Waals surface area contributed by atoms with Crippen molar-refractivity contribution in [1.82, 2.24) is 10.2 Å². The van der Waals surface area contributed by atoms with Crippen molar-refractivity contribution in [2.75, 3.05) is 19.6 Å². The Kier molecular flexibility index (Phi) is 5.92. The number of nitrogens with one attached hydrogen (secondary N) is 1. The van der Waals surface area contributed by atoms with Crippen LogP contribution in [0.5, 0.6) is 0 Å². The van der Waals surface area contributed by atoms with Gasteiger partial charge in [0.1, 0.15) is 0 Å². The van der Waals surface area contributed by atoms with E-state index in [-0.39, 0.29) is 0 Å². The zero-order chi connectivity index (χ0) is 14.6. The Morgan fingerprint density at radius 2 is 1.75 bits per heavy atom. The van der Waals surface area contributed by atoms with Gasteiger partial charge in [0.05, 0.1) is 0 Å². The molecular formula is C18H36N2. The Labute approximate surface area is 126 Å². The Hall–Kier alpha value is -0.0800. The molecule has 1 aliphatic heterocycles.